The van der Waals surface area contributed by atoms with E-state index in [4.69, 9.17) is 4.42 Å². The molecule has 0 saturated carbocycles. The van der Waals surface area contributed by atoms with Crippen LogP contribution in [0.2, 0.25) is 0 Å². The number of carbonyl (C=O) groups is 1. The Hall–Kier alpha value is -3.23. The molecule has 0 bridgehead atoms. The summed E-state index contributed by atoms with van der Waals surface area (Å²) < 4.78 is 5.72. The fraction of sp³-hybridized carbons (Fsp3) is 0.0909. The van der Waals surface area contributed by atoms with Gasteiger partial charge in [0.2, 0.25) is 0 Å². The van der Waals surface area contributed by atoms with Gasteiger partial charge < -0.3 is 9.73 Å². The normalized spacial score (nSPS) is 11.1. The Kier molecular flexibility index (Phi) is 5.80. The van der Waals surface area contributed by atoms with Crippen LogP contribution in [0.15, 0.2) is 80.6 Å². The third-order valence-corrected chi connectivity index (χ3v) is 4.77. The third kappa shape index (κ3) is 4.90. The molecule has 2 aromatic carbocycles. The molecule has 0 aliphatic heterocycles. The predicted octanol–water partition coefficient (Wildman–Crippen LogP) is 5.59. The van der Waals surface area contributed by atoms with Crippen LogP contribution in [0.3, 0.4) is 0 Å². The van der Waals surface area contributed by atoms with E-state index in [0.717, 1.165) is 16.0 Å². The van der Waals surface area contributed by atoms with Crippen molar-refractivity contribution in [2.45, 2.75) is 23.8 Å². The molecule has 0 atom stereocenters. The van der Waals surface area contributed by atoms with Gasteiger partial charge in [-0.1, -0.05) is 47.7 Å². The highest BCUT2D eigenvalue weighted by Gasteiger charge is 2.12. The fourth-order valence-electron chi connectivity index (χ4n) is 2.51. The zero-order valence-corrected chi connectivity index (χ0v) is 15.8. The van der Waals surface area contributed by atoms with E-state index in [0.29, 0.717) is 16.5 Å². The van der Waals surface area contributed by atoms with Crippen molar-refractivity contribution >= 4 is 29.4 Å². The maximum atomic E-state index is 12.4. The molecule has 27 heavy (non-hydrogen) atoms. The van der Waals surface area contributed by atoms with Crippen LogP contribution in [-0.4, -0.2) is 5.91 Å². The van der Waals surface area contributed by atoms with Crippen LogP contribution in [0, 0.1) is 25.2 Å². The summed E-state index contributed by atoms with van der Waals surface area (Å²) in [6.45, 7) is 3.90. The molecule has 0 unspecified atom stereocenters. The number of hydrogen-bond donors (Lipinski definition) is 1. The number of anilines is 1. The molecule has 1 heterocycles. The Morgan fingerprint density at radius 1 is 1.11 bits per heavy atom. The Balaban J connectivity index is 1.74. The number of furan rings is 1. The van der Waals surface area contributed by atoms with Crippen molar-refractivity contribution in [3.05, 3.63) is 83.1 Å². The van der Waals surface area contributed by atoms with Crippen LogP contribution in [-0.2, 0) is 4.79 Å². The van der Waals surface area contributed by atoms with Crippen LogP contribution in [0.1, 0.15) is 16.9 Å². The van der Waals surface area contributed by atoms with Crippen LogP contribution >= 0.6 is 11.8 Å². The fourth-order valence-corrected chi connectivity index (χ4v) is 3.31. The number of aryl methyl sites for hydroxylation is 2. The van der Waals surface area contributed by atoms with E-state index >= 15 is 0 Å². The second-order valence-corrected chi connectivity index (χ2v) is 7.09. The van der Waals surface area contributed by atoms with Gasteiger partial charge in [0, 0.05) is 16.7 Å². The van der Waals surface area contributed by atoms with E-state index in [1.165, 1.54) is 17.8 Å². The highest BCUT2D eigenvalue weighted by Crippen LogP contribution is 2.29. The van der Waals surface area contributed by atoms with Crippen molar-refractivity contribution in [3.8, 4) is 6.07 Å². The molecule has 0 aliphatic rings. The van der Waals surface area contributed by atoms with Gasteiger partial charge in [0.25, 0.3) is 5.91 Å². The van der Waals surface area contributed by atoms with Crippen LogP contribution in [0.25, 0.3) is 6.08 Å². The minimum Gasteiger partial charge on any atom is -0.450 e. The van der Waals surface area contributed by atoms with Gasteiger partial charge in [-0.15, -0.1) is 0 Å². The zero-order chi connectivity index (χ0) is 19.2. The lowest BCUT2D eigenvalue weighted by Crippen LogP contribution is -2.14. The number of nitriles is 1. The summed E-state index contributed by atoms with van der Waals surface area (Å²) in [6.07, 6.45) is 1.45. The number of nitrogens with zero attached hydrogens (tertiary/aromatic N) is 1. The highest BCUT2D eigenvalue weighted by molar-refractivity contribution is 7.99. The lowest BCUT2D eigenvalue weighted by Gasteiger charge is -2.08. The van der Waals surface area contributed by atoms with E-state index in [1.54, 1.807) is 6.07 Å². The van der Waals surface area contributed by atoms with Crippen LogP contribution in [0.5, 0.6) is 0 Å². The van der Waals surface area contributed by atoms with Crippen LogP contribution < -0.4 is 5.32 Å². The number of amides is 1. The average molecular weight is 374 g/mol. The first-order valence-electron chi connectivity index (χ1n) is 8.38. The van der Waals surface area contributed by atoms with Crippen molar-refractivity contribution in [2.24, 2.45) is 0 Å². The van der Waals surface area contributed by atoms with Gasteiger partial charge in [0.1, 0.15) is 17.4 Å². The van der Waals surface area contributed by atoms with Gasteiger partial charge in [-0.25, -0.2) is 0 Å². The summed E-state index contributed by atoms with van der Waals surface area (Å²) >= 11 is 1.48. The Morgan fingerprint density at radius 3 is 2.59 bits per heavy atom. The quantitative estimate of drug-likeness (QED) is 0.467. The van der Waals surface area contributed by atoms with E-state index in [2.05, 4.69) is 5.32 Å². The lowest BCUT2D eigenvalue weighted by atomic mass is 10.1. The summed E-state index contributed by atoms with van der Waals surface area (Å²) in [6, 6.07) is 21.1. The molecule has 0 radical (unpaired) electrons. The minimum absolute atomic E-state index is 0.0133. The molecule has 3 rings (SSSR count). The van der Waals surface area contributed by atoms with Crippen LogP contribution in [0.4, 0.5) is 5.69 Å². The average Bonchev–Trinajstić information content (AvgIpc) is 3.09. The maximum Gasteiger partial charge on any atom is 0.266 e. The first-order chi connectivity index (χ1) is 13.0. The van der Waals surface area contributed by atoms with Gasteiger partial charge in [0.05, 0.1) is 0 Å². The van der Waals surface area contributed by atoms with Crippen molar-refractivity contribution in [2.75, 3.05) is 5.32 Å². The Morgan fingerprint density at radius 2 is 1.89 bits per heavy atom. The number of carbonyl (C=O) groups excluding carboxylic acids is 1. The molecule has 0 aliphatic carbocycles. The molecule has 134 valence electrons. The predicted molar refractivity (Wildman–Crippen MR) is 107 cm³/mol. The topological polar surface area (TPSA) is 66.0 Å². The molecule has 1 aromatic heterocycles. The van der Waals surface area contributed by atoms with Crippen molar-refractivity contribution < 1.29 is 9.21 Å². The van der Waals surface area contributed by atoms with Crippen molar-refractivity contribution in [1.82, 2.24) is 0 Å². The summed E-state index contributed by atoms with van der Waals surface area (Å²) in [5.41, 5.74) is 2.73. The first-order valence-corrected chi connectivity index (χ1v) is 9.20. The highest BCUT2D eigenvalue weighted by atomic mass is 32.2. The van der Waals surface area contributed by atoms with E-state index in [-0.39, 0.29) is 5.57 Å². The van der Waals surface area contributed by atoms with E-state index < -0.39 is 5.91 Å². The summed E-state index contributed by atoms with van der Waals surface area (Å²) in [7, 11) is 0. The second-order valence-electron chi connectivity index (χ2n) is 6.01. The second kappa shape index (κ2) is 8.43. The molecule has 3 aromatic rings. The first kappa shape index (κ1) is 18.6. The number of nitrogens with one attached hydrogen (secondary N) is 1. The smallest absolute Gasteiger partial charge is 0.266 e. The molecule has 1 amide bonds. The SMILES string of the molecule is Cc1ccc(NC(=O)/C(C#N)=C\c2ccc(Sc3ccccc3)o2)c(C)c1. The number of hydrogen-bond acceptors (Lipinski definition) is 4. The van der Waals surface area contributed by atoms with Crippen molar-refractivity contribution in [1.29, 1.82) is 5.26 Å². The number of benzene rings is 2. The van der Waals surface area contributed by atoms with Gasteiger partial charge >= 0.3 is 0 Å². The summed E-state index contributed by atoms with van der Waals surface area (Å²) in [5, 5.41) is 12.8. The summed E-state index contributed by atoms with van der Waals surface area (Å²) in [4.78, 5) is 13.5. The lowest BCUT2D eigenvalue weighted by molar-refractivity contribution is -0.112. The molecule has 0 spiro atoms. The molecule has 5 heteroatoms. The standard InChI is InChI=1S/C22H18N2O2S/c1-15-8-10-20(16(2)12-15)24-22(25)17(14-23)13-18-9-11-21(26-18)27-19-6-4-3-5-7-19/h3-13H,1-2H3,(H,24,25)/b17-13-. The maximum absolute atomic E-state index is 12.4. The van der Waals surface area contributed by atoms with E-state index in [9.17, 15) is 10.1 Å². The molecular weight excluding hydrogens is 356 g/mol. The molecule has 0 saturated heterocycles. The third-order valence-electron chi connectivity index (χ3n) is 3.85. The molecule has 1 N–H and O–H groups in total. The minimum atomic E-state index is -0.460. The molecular formula is C22H18N2O2S. The largest absolute Gasteiger partial charge is 0.450 e. The summed E-state index contributed by atoms with van der Waals surface area (Å²) in [5.74, 6) is -0.00104. The Bertz CT molecular complexity index is 1030. The molecule has 0 fully saturated rings. The van der Waals surface area contributed by atoms with E-state index in [1.807, 2.05) is 74.5 Å². The van der Waals surface area contributed by atoms with Gasteiger partial charge in [0.15, 0.2) is 5.09 Å². The van der Waals surface area contributed by atoms with Gasteiger partial charge in [-0.05, 0) is 49.7 Å². The number of rotatable bonds is 5. The van der Waals surface area contributed by atoms with Gasteiger partial charge in [-0.3, -0.25) is 4.79 Å². The molecule has 4 nitrogen and oxygen atoms in total. The monoisotopic (exact) mass is 374 g/mol. The Labute approximate surface area is 162 Å². The zero-order valence-electron chi connectivity index (χ0n) is 15.0. The van der Waals surface area contributed by atoms with Gasteiger partial charge in [-0.2, -0.15) is 5.26 Å². The van der Waals surface area contributed by atoms with Crippen molar-refractivity contribution in [3.63, 3.8) is 0 Å².